The van der Waals surface area contributed by atoms with Crippen molar-refractivity contribution in [3.63, 3.8) is 0 Å². The Bertz CT molecular complexity index is 286. The monoisotopic (exact) mass is 302 g/mol. The van der Waals surface area contributed by atoms with Crippen LogP contribution in [0.25, 0.3) is 0 Å². The van der Waals surface area contributed by atoms with Gasteiger partial charge in [0.15, 0.2) is 0 Å². The maximum Gasteiger partial charge on any atom is 0.0489 e. The third-order valence-corrected chi connectivity index (χ3v) is 19.0. The van der Waals surface area contributed by atoms with E-state index in [1.165, 1.54) is 8.27 Å². The lowest BCUT2D eigenvalue weighted by molar-refractivity contribution is 1.44. The van der Waals surface area contributed by atoms with Gasteiger partial charge in [-0.15, -0.1) is 0 Å². The summed E-state index contributed by atoms with van der Waals surface area (Å²) >= 11 is 0. The van der Waals surface area contributed by atoms with E-state index < -0.39 is 16.1 Å². The average Bonchev–Trinajstić information content (AvgIpc) is 2.61. The fraction of sp³-hybridized carbons (Fsp3) is 0.692. The van der Waals surface area contributed by atoms with E-state index in [0.717, 1.165) is 5.66 Å². The van der Waals surface area contributed by atoms with Gasteiger partial charge >= 0.3 is 0 Å². The van der Waals surface area contributed by atoms with Crippen molar-refractivity contribution in [3.05, 3.63) is 24.3 Å². The Morgan fingerprint density at radius 2 is 1.47 bits per heavy atom. The molecule has 0 saturated heterocycles. The van der Waals surface area contributed by atoms with Gasteiger partial charge in [-0.25, -0.2) is 0 Å². The van der Waals surface area contributed by atoms with Gasteiger partial charge < -0.3 is 0 Å². The van der Waals surface area contributed by atoms with Crippen molar-refractivity contribution in [3.8, 4) is 0 Å². The Kier molecular flexibility index (Phi) is 5.85. The maximum atomic E-state index is 2.53. The average molecular weight is 302 g/mol. The highest BCUT2D eigenvalue weighted by atomic mass is 32.1. The lowest BCUT2D eigenvalue weighted by Crippen LogP contribution is -2.27. The van der Waals surface area contributed by atoms with Crippen molar-refractivity contribution >= 4 is 32.0 Å². The molecule has 1 aliphatic carbocycles. The lowest BCUT2D eigenvalue weighted by atomic mass is 10.5. The van der Waals surface area contributed by atoms with E-state index in [4.69, 9.17) is 0 Å². The van der Waals surface area contributed by atoms with E-state index in [0.29, 0.717) is 0 Å². The second-order valence-electron chi connectivity index (χ2n) is 7.34. The zero-order valence-corrected chi connectivity index (χ0v) is 16.1. The van der Waals surface area contributed by atoms with Gasteiger partial charge in [0.05, 0.1) is 0 Å². The Morgan fingerprint density at radius 3 is 1.88 bits per heavy atom. The van der Waals surface area contributed by atoms with E-state index in [-0.39, 0.29) is 7.61 Å². The molecule has 0 fully saturated rings. The minimum atomic E-state index is -0.901. The first kappa shape index (κ1) is 15.8. The van der Waals surface area contributed by atoms with Gasteiger partial charge in [0.2, 0.25) is 0 Å². The predicted molar refractivity (Wildman–Crippen MR) is 93.7 cm³/mol. The maximum absolute atomic E-state index is 2.53. The molecule has 0 nitrogen and oxygen atoms in total. The minimum Gasteiger partial charge on any atom is -0.0982 e. The molecule has 0 bridgehead atoms. The Labute approximate surface area is 113 Å². The van der Waals surface area contributed by atoms with Gasteiger partial charge in [-0.1, -0.05) is 79.5 Å². The van der Waals surface area contributed by atoms with Crippen LogP contribution in [0.2, 0.25) is 39.3 Å². The molecule has 1 aliphatic rings. The highest BCUT2D eigenvalue weighted by Crippen LogP contribution is 2.62. The summed E-state index contributed by atoms with van der Waals surface area (Å²) in [5.41, 5.74) is 0.811. The largest absolute Gasteiger partial charge is 0.0982 e. The van der Waals surface area contributed by atoms with Gasteiger partial charge in [-0.3, -0.25) is 0 Å². The van der Waals surface area contributed by atoms with Crippen LogP contribution in [-0.4, -0.2) is 33.4 Å². The normalized spacial score (nSPS) is 19.6. The first-order chi connectivity index (χ1) is 7.67. The highest BCUT2D eigenvalue weighted by Gasteiger charge is 2.26. The zero-order valence-electron chi connectivity index (χ0n) is 12.2. The summed E-state index contributed by atoms with van der Waals surface area (Å²) in [5, 5.41) is 0. The van der Waals surface area contributed by atoms with Gasteiger partial charge in [-0.05, 0) is 11.6 Å². The van der Waals surface area contributed by atoms with Crippen LogP contribution < -0.4 is 0 Å². The number of hydrogen-bond donors (Lipinski definition) is 0. The van der Waals surface area contributed by atoms with Gasteiger partial charge in [0, 0.05) is 21.8 Å². The third-order valence-electron chi connectivity index (χ3n) is 2.54. The second kappa shape index (κ2) is 6.28. The van der Waals surface area contributed by atoms with Crippen LogP contribution in [0.5, 0.6) is 0 Å². The molecule has 0 amide bonds. The van der Waals surface area contributed by atoms with Crippen LogP contribution in [0.1, 0.15) is 0 Å². The van der Waals surface area contributed by atoms with E-state index in [1.807, 2.05) is 0 Å². The fourth-order valence-electron chi connectivity index (χ4n) is 1.74. The van der Waals surface area contributed by atoms with Crippen LogP contribution in [0.3, 0.4) is 0 Å². The van der Waals surface area contributed by atoms with Crippen LogP contribution in [0.15, 0.2) is 24.3 Å². The molecule has 0 aromatic heterocycles. The van der Waals surface area contributed by atoms with Crippen molar-refractivity contribution in [2.75, 3.05) is 11.6 Å². The summed E-state index contributed by atoms with van der Waals surface area (Å²) in [5.74, 6) is 3.10. The molecular formula is C13H28P2Si2. The Balaban J connectivity index is 2.59. The predicted octanol–water partition coefficient (Wildman–Crippen LogP) is 5.31. The van der Waals surface area contributed by atoms with Gasteiger partial charge in [0.25, 0.3) is 0 Å². The summed E-state index contributed by atoms with van der Waals surface area (Å²) < 4.78 is 0. The van der Waals surface area contributed by atoms with Gasteiger partial charge in [-0.2, -0.15) is 0 Å². The summed E-state index contributed by atoms with van der Waals surface area (Å²) in [7, 11) is -0.274. The quantitative estimate of drug-likeness (QED) is 0.460. The molecule has 17 heavy (non-hydrogen) atoms. The van der Waals surface area contributed by atoms with Crippen molar-refractivity contribution in [2.24, 2.45) is 0 Å². The Morgan fingerprint density at radius 1 is 0.941 bits per heavy atom. The molecule has 2 atom stereocenters. The van der Waals surface area contributed by atoms with Crippen molar-refractivity contribution < 1.29 is 0 Å². The summed E-state index contributed by atoms with van der Waals surface area (Å²) in [6, 6.07) is 0. The number of allylic oxidation sites excluding steroid dienone is 4. The molecule has 0 heterocycles. The summed E-state index contributed by atoms with van der Waals surface area (Å²) in [6.45, 7) is 15.1. The van der Waals surface area contributed by atoms with Crippen molar-refractivity contribution in [1.29, 1.82) is 0 Å². The van der Waals surface area contributed by atoms with Crippen LogP contribution in [-0.2, 0) is 0 Å². The summed E-state index contributed by atoms with van der Waals surface area (Å²) in [6.07, 6.45) is 9.40. The molecule has 0 aromatic carbocycles. The van der Waals surface area contributed by atoms with Crippen LogP contribution in [0, 0.1) is 0 Å². The van der Waals surface area contributed by atoms with E-state index in [1.54, 1.807) is 11.6 Å². The highest BCUT2D eigenvalue weighted by molar-refractivity contribution is 8.23. The first-order valence-corrected chi connectivity index (χ1v) is 17.6. The lowest BCUT2D eigenvalue weighted by Gasteiger charge is -2.30. The molecule has 2 unspecified atom stereocenters. The molecule has 1 rings (SSSR count). The fourth-order valence-corrected chi connectivity index (χ4v) is 23.2. The van der Waals surface area contributed by atoms with Crippen LogP contribution >= 0.6 is 15.9 Å². The number of rotatable bonds is 6. The molecule has 0 N–H and O–H groups in total. The Hall–Kier alpha value is 0.774. The van der Waals surface area contributed by atoms with E-state index in [9.17, 15) is 0 Å². The SMILES string of the molecule is C[Si](C)(C)CPP(C[Si](C)(C)C)C1C=CC=C1. The van der Waals surface area contributed by atoms with E-state index in [2.05, 4.69) is 63.6 Å². The van der Waals surface area contributed by atoms with Crippen molar-refractivity contribution in [2.45, 2.75) is 44.9 Å². The molecule has 98 valence electrons. The van der Waals surface area contributed by atoms with E-state index >= 15 is 0 Å². The standard InChI is InChI=1S/C13H28P2Si2/c1-16(2,3)11-14-15(12-17(4,5)6)13-9-7-8-10-13/h7-10,13-14H,11-12H2,1-6H3. The third kappa shape index (κ3) is 7.06. The molecule has 0 radical (unpaired) electrons. The van der Waals surface area contributed by atoms with Gasteiger partial charge in [0.1, 0.15) is 0 Å². The van der Waals surface area contributed by atoms with Crippen molar-refractivity contribution in [1.82, 2.24) is 0 Å². The molecule has 0 spiro atoms. The molecule has 0 aromatic rings. The topological polar surface area (TPSA) is 0 Å². The minimum absolute atomic E-state index is 0.236. The molecule has 4 heteroatoms. The molecule has 0 aliphatic heterocycles. The number of hydrogen-bond acceptors (Lipinski definition) is 0. The summed E-state index contributed by atoms with van der Waals surface area (Å²) in [4.78, 5) is 0. The second-order valence-corrected chi connectivity index (χ2v) is 24.8. The van der Waals surface area contributed by atoms with Crippen LogP contribution in [0.4, 0.5) is 0 Å². The first-order valence-electron chi connectivity index (χ1n) is 6.53. The zero-order chi connectivity index (χ0) is 13.1. The molecule has 0 saturated carbocycles. The smallest absolute Gasteiger partial charge is 0.0489 e. The molecular weight excluding hydrogens is 274 g/mol.